The maximum Gasteiger partial charge on any atom is 0.211 e. The third-order valence-corrected chi connectivity index (χ3v) is 3.56. The third-order valence-electron chi connectivity index (χ3n) is 2.94. The van der Waals surface area contributed by atoms with Crippen molar-refractivity contribution in [3.8, 4) is 5.75 Å². The van der Waals surface area contributed by atoms with Crippen LogP contribution in [-0.2, 0) is 6.42 Å². The van der Waals surface area contributed by atoms with E-state index in [1.54, 1.807) is 4.68 Å². The highest BCUT2D eigenvalue weighted by Crippen LogP contribution is 2.15. The number of nitrogens with zero attached hydrogens (tertiary/aromatic N) is 4. The number of hydrogen-bond acceptors (Lipinski definition) is 5. The van der Waals surface area contributed by atoms with Crippen LogP contribution in [0.3, 0.4) is 0 Å². The van der Waals surface area contributed by atoms with Gasteiger partial charge in [0.05, 0.1) is 12.8 Å². The average molecular weight is 318 g/mol. The van der Waals surface area contributed by atoms with Gasteiger partial charge < -0.3 is 4.74 Å². The largest absolute Gasteiger partial charge is 0.493 e. The molecule has 0 saturated heterocycles. The normalized spacial score (nSPS) is 11.5. The lowest BCUT2D eigenvalue weighted by Gasteiger charge is -2.08. The summed E-state index contributed by atoms with van der Waals surface area (Å²) in [5, 5.41) is 13.6. The fourth-order valence-electron chi connectivity index (χ4n) is 1.83. The molecule has 0 fully saturated rings. The van der Waals surface area contributed by atoms with Crippen molar-refractivity contribution < 1.29 is 4.74 Å². The van der Waals surface area contributed by atoms with Crippen LogP contribution in [0.15, 0.2) is 34.5 Å². The molecular formula is C16H22N4OS. The number of aromatic nitrogens is 3. The van der Waals surface area contributed by atoms with Crippen LogP contribution in [0.5, 0.6) is 5.75 Å². The molecule has 1 aromatic carbocycles. The summed E-state index contributed by atoms with van der Waals surface area (Å²) in [6, 6.07) is 7.92. The molecule has 0 amide bonds. The Morgan fingerprint density at radius 1 is 1.36 bits per heavy atom. The quantitative estimate of drug-likeness (QED) is 0.579. The van der Waals surface area contributed by atoms with E-state index < -0.39 is 0 Å². The molecular weight excluding hydrogens is 296 g/mol. The lowest BCUT2D eigenvalue weighted by molar-refractivity contribution is 0.271. The number of hydrogen-bond donors (Lipinski definition) is 0. The molecule has 0 bridgehead atoms. The van der Waals surface area contributed by atoms with E-state index in [0.29, 0.717) is 12.5 Å². The predicted molar refractivity (Wildman–Crippen MR) is 90.9 cm³/mol. The van der Waals surface area contributed by atoms with Crippen LogP contribution >= 0.6 is 11.8 Å². The van der Waals surface area contributed by atoms with E-state index in [0.717, 1.165) is 28.7 Å². The van der Waals surface area contributed by atoms with E-state index in [4.69, 9.17) is 4.74 Å². The van der Waals surface area contributed by atoms with E-state index in [-0.39, 0.29) is 0 Å². The molecule has 0 spiro atoms. The maximum absolute atomic E-state index is 5.74. The summed E-state index contributed by atoms with van der Waals surface area (Å²) in [7, 11) is 0. The summed E-state index contributed by atoms with van der Waals surface area (Å²) in [6.45, 7) is 7.02. The van der Waals surface area contributed by atoms with E-state index in [2.05, 4.69) is 29.1 Å². The Balaban J connectivity index is 2.16. The molecule has 0 unspecified atom stereocenters. The van der Waals surface area contributed by atoms with Gasteiger partial charge in [0.2, 0.25) is 5.16 Å². The number of rotatable bonds is 7. The van der Waals surface area contributed by atoms with E-state index in [9.17, 15) is 0 Å². The van der Waals surface area contributed by atoms with Gasteiger partial charge in [-0.1, -0.05) is 44.7 Å². The fraction of sp³-hybridized carbons (Fsp3) is 0.438. The van der Waals surface area contributed by atoms with E-state index in [1.807, 2.05) is 43.7 Å². The number of ether oxygens (including phenoxy) is 1. The van der Waals surface area contributed by atoms with Crippen LogP contribution in [0.25, 0.3) is 0 Å². The summed E-state index contributed by atoms with van der Waals surface area (Å²) >= 11 is 1.53. The second-order valence-electron chi connectivity index (χ2n) is 5.29. The molecule has 2 rings (SSSR count). The molecule has 0 N–H and O–H groups in total. The highest BCUT2D eigenvalue weighted by molar-refractivity contribution is 7.98. The van der Waals surface area contributed by atoms with Gasteiger partial charge in [-0.3, -0.25) is 0 Å². The SMILES string of the molecule is CCc1nnc(SC)n1/N=C\c1cccc(OCC(C)C)c1. The molecule has 22 heavy (non-hydrogen) atoms. The monoisotopic (exact) mass is 318 g/mol. The first-order chi connectivity index (χ1) is 10.6. The fourth-order valence-corrected chi connectivity index (χ4v) is 2.28. The molecule has 0 radical (unpaired) electrons. The Bertz CT molecular complexity index is 615. The minimum atomic E-state index is 0.505. The smallest absolute Gasteiger partial charge is 0.211 e. The van der Waals surface area contributed by atoms with Gasteiger partial charge in [0.25, 0.3) is 0 Å². The van der Waals surface area contributed by atoms with Crippen molar-refractivity contribution in [2.45, 2.75) is 32.3 Å². The van der Waals surface area contributed by atoms with Gasteiger partial charge in [-0.15, -0.1) is 10.2 Å². The summed E-state index contributed by atoms with van der Waals surface area (Å²) < 4.78 is 7.52. The van der Waals surface area contributed by atoms with Crippen LogP contribution in [0, 0.1) is 5.92 Å². The van der Waals surface area contributed by atoms with E-state index in [1.165, 1.54) is 11.8 Å². The minimum absolute atomic E-state index is 0.505. The van der Waals surface area contributed by atoms with Crippen molar-refractivity contribution in [3.05, 3.63) is 35.7 Å². The van der Waals surface area contributed by atoms with Crippen molar-refractivity contribution in [1.29, 1.82) is 0 Å². The molecule has 2 aromatic rings. The van der Waals surface area contributed by atoms with Crippen molar-refractivity contribution in [1.82, 2.24) is 14.9 Å². The van der Waals surface area contributed by atoms with Crippen LogP contribution in [0.1, 0.15) is 32.2 Å². The summed E-state index contributed by atoms with van der Waals surface area (Å²) in [4.78, 5) is 0. The Morgan fingerprint density at radius 2 is 2.18 bits per heavy atom. The highest BCUT2D eigenvalue weighted by atomic mass is 32.2. The Hall–Kier alpha value is -1.82. The van der Waals surface area contributed by atoms with Gasteiger partial charge in [0.15, 0.2) is 5.82 Å². The van der Waals surface area contributed by atoms with Crippen LogP contribution in [-0.4, -0.2) is 34.0 Å². The molecule has 5 nitrogen and oxygen atoms in total. The molecule has 1 aromatic heterocycles. The molecule has 6 heteroatoms. The Labute approximate surface area is 135 Å². The molecule has 0 aliphatic heterocycles. The zero-order chi connectivity index (χ0) is 15.9. The van der Waals surface area contributed by atoms with Gasteiger partial charge in [0, 0.05) is 6.42 Å². The van der Waals surface area contributed by atoms with Crippen LogP contribution in [0.4, 0.5) is 0 Å². The molecule has 1 heterocycles. The van der Waals surface area contributed by atoms with Crippen molar-refractivity contribution >= 4 is 18.0 Å². The van der Waals surface area contributed by atoms with Crippen molar-refractivity contribution in [2.75, 3.05) is 12.9 Å². The zero-order valence-corrected chi connectivity index (χ0v) is 14.3. The summed E-state index contributed by atoms with van der Waals surface area (Å²) in [5.74, 6) is 2.22. The van der Waals surface area contributed by atoms with Gasteiger partial charge in [-0.05, 0) is 29.9 Å². The average Bonchev–Trinajstić information content (AvgIpc) is 2.93. The first kappa shape index (κ1) is 16.5. The lowest BCUT2D eigenvalue weighted by atomic mass is 10.2. The van der Waals surface area contributed by atoms with Gasteiger partial charge in [-0.2, -0.15) is 9.78 Å². The topological polar surface area (TPSA) is 52.3 Å². The summed E-state index contributed by atoms with van der Waals surface area (Å²) in [5.41, 5.74) is 0.990. The molecule has 0 aliphatic carbocycles. The minimum Gasteiger partial charge on any atom is -0.493 e. The Morgan fingerprint density at radius 3 is 2.86 bits per heavy atom. The first-order valence-electron chi connectivity index (χ1n) is 7.39. The molecule has 0 saturated carbocycles. The number of benzene rings is 1. The van der Waals surface area contributed by atoms with Gasteiger partial charge in [-0.25, -0.2) is 0 Å². The third kappa shape index (κ3) is 4.34. The Kier molecular flexibility index (Phi) is 6.00. The van der Waals surface area contributed by atoms with Gasteiger partial charge in [0.1, 0.15) is 5.75 Å². The summed E-state index contributed by atoms with van der Waals surface area (Å²) in [6.07, 6.45) is 4.57. The van der Waals surface area contributed by atoms with E-state index >= 15 is 0 Å². The van der Waals surface area contributed by atoms with Crippen LogP contribution in [0.2, 0.25) is 0 Å². The van der Waals surface area contributed by atoms with Gasteiger partial charge >= 0.3 is 0 Å². The second kappa shape index (κ2) is 7.98. The van der Waals surface area contributed by atoms with Crippen molar-refractivity contribution in [3.63, 3.8) is 0 Å². The highest BCUT2D eigenvalue weighted by Gasteiger charge is 2.08. The lowest BCUT2D eigenvalue weighted by Crippen LogP contribution is -2.04. The predicted octanol–water partition coefficient (Wildman–Crippen LogP) is 3.48. The van der Waals surface area contributed by atoms with Crippen LogP contribution < -0.4 is 4.74 Å². The molecule has 0 atom stereocenters. The number of thioether (sulfide) groups is 1. The molecule has 0 aliphatic rings. The second-order valence-corrected chi connectivity index (χ2v) is 6.06. The standard InChI is InChI=1S/C16H22N4OS/c1-5-15-18-19-16(22-4)20(15)17-10-13-7-6-8-14(9-13)21-11-12(2)3/h6-10,12H,5,11H2,1-4H3/b17-10-. The van der Waals surface area contributed by atoms with Crippen molar-refractivity contribution in [2.24, 2.45) is 11.0 Å². The zero-order valence-electron chi connectivity index (χ0n) is 13.5. The number of aryl methyl sites for hydroxylation is 1. The maximum atomic E-state index is 5.74. The molecule has 118 valence electrons. The first-order valence-corrected chi connectivity index (χ1v) is 8.62.